The van der Waals surface area contributed by atoms with Gasteiger partial charge in [0.1, 0.15) is 11.5 Å². The van der Waals surface area contributed by atoms with Crippen molar-refractivity contribution in [2.45, 2.75) is 19.0 Å². The van der Waals surface area contributed by atoms with Gasteiger partial charge in [0.15, 0.2) is 0 Å². The van der Waals surface area contributed by atoms with Crippen molar-refractivity contribution >= 4 is 5.97 Å². The van der Waals surface area contributed by atoms with Crippen molar-refractivity contribution in [3.63, 3.8) is 0 Å². The molecule has 1 atom stereocenters. The maximum absolute atomic E-state index is 11.4. The molecule has 126 valence electrons. The van der Waals surface area contributed by atoms with Crippen LogP contribution < -0.4 is 9.47 Å². The quantitative estimate of drug-likeness (QED) is 0.883. The van der Waals surface area contributed by atoms with Crippen LogP contribution in [0.2, 0.25) is 0 Å². The Morgan fingerprint density at radius 3 is 2.79 bits per heavy atom. The molecule has 2 aromatic carbocycles. The number of ether oxygens (including phenoxy) is 2. The second kappa shape index (κ2) is 7.36. The zero-order valence-corrected chi connectivity index (χ0v) is 13.6. The fourth-order valence-electron chi connectivity index (χ4n) is 3.13. The molecule has 0 saturated carbocycles. The number of hydrogen-bond acceptors (Lipinski definition) is 4. The second-order valence-electron chi connectivity index (χ2n) is 5.84. The lowest BCUT2D eigenvalue weighted by molar-refractivity contribution is -0.139. The molecule has 1 aliphatic heterocycles. The molecule has 0 saturated heterocycles. The summed E-state index contributed by atoms with van der Waals surface area (Å²) in [5.41, 5.74) is 2.08. The minimum atomic E-state index is -0.832. The molecule has 5 nitrogen and oxygen atoms in total. The average molecular weight is 327 g/mol. The van der Waals surface area contributed by atoms with Crippen LogP contribution in [0, 0.1) is 0 Å². The zero-order chi connectivity index (χ0) is 16.9. The summed E-state index contributed by atoms with van der Waals surface area (Å²) in [4.78, 5) is 13.4. The van der Waals surface area contributed by atoms with Gasteiger partial charge in [0.05, 0.1) is 20.3 Å². The van der Waals surface area contributed by atoms with E-state index in [4.69, 9.17) is 9.47 Å². The molecule has 0 aliphatic carbocycles. The lowest BCUT2D eigenvalue weighted by Gasteiger charge is -2.35. The Morgan fingerprint density at radius 2 is 2.08 bits per heavy atom. The maximum Gasteiger partial charge on any atom is 0.317 e. The van der Waals surface area contributed by atoms with E-state index in [2.05, 4.69) is 0 Å². The van der Waals surface area contributed by atoms with E-state index in [-0.39, 0.29) is 12.6 Å². The van der Waals surface area contributed by atoms with E-state index < -0.39 is 5.97 Å². The molecule has 0 radical (unpaired) electrons. The van der Waals surface area contributed by atoms with Gasteiger partial charge >= 0.3 is 5.97 Å². The first-order chi connectivity index (χ1) is 11.7. The van der Waals surface area contributed by atoms with Gasteiger partial charge in [0.25, 0.3) is 0 Å². The summed E-state index contributed by atoms with van der Waals surface area (Å²) in [5, 5.41) is 9.34. The van der Waals surface area contributed by atoms with Crippen molar-refractivity contribution in [3.05, 3.63) is 59.7 Å². The molecular weight excluding hydrogens is 306 g/mol. The molecule has 2 aromatic rings. The third-order valence-corrected chi connectivity index (χ3v) is 4.23. The maximum atomic E-state index is 11.4. The highest BCUT2D eigenvalue weighted by Crippen LogP contribution is 2.38. The highest BCUT2D eigenvalue weighted by molar-refractivity contribution is 5.69. The molecule has 1 aliphatic rings. The normalized spacial score (nSPS) is 16.3. The van der Waals surface area contributed by atoms with Gasteiger partial charge in [-0.05, 0) is 23.8 Å². The molecule has 0 bridgehead atoms. The van der Waals surface area contributed by atoms with Gasteiger partial charge < -0.3 is 14.6 Å². The summed E-state index contributed by atoms with van der Waals surface area (Å²) >= 11 is 0. The van der Waals surface area contributed by atoms with Crippen LogP contribution >= 0.6 is 0 Å². The number of aliphatic carboxylic acids is 1. The second-order valence-corrected chi connectivity index (χ2v) is 5.84. The molecule has 1 unspecified atom stereocenters. The number of carboxylic acid groups (broad SMARTS) is 1. The minimum absolute atomic E-state index is 0.0137. The summed E-state index contributed by atoms with van der Waals surface area (Å²) in [7, 11) is 1.62. The summed E-state index contributed by atoms with van der Waals surface area (Å²) in [6.07, 6.45) is 0.750. The first-order valence-corrected chi connectivity index (χ1v) is 7.98. The highest BCUT2D eigenvalue weighted by atomic mass is 16.5. The molecular formula is C19H21NO4. The topological polar surface area (TPSA) is 59.0 Å². The number of fused-ring (bicyclic) bond motifs is 1. The number of carbonyl (C=O) groups is 1. The van der Waals surface area contributed by atoms with E-state index in [1.54, 1.807) is 7.11 Å². The predicted octanol–water partition coefficient (Wildman–Crippen LogP) is 3.11. The number of nitrogens with zero attached hydrogens (tertiary/aromatic N) is 1. The van der Waals surface area contributed by atoms with Crippen LogP contribution in [0.25, 0.3) is 0 Å². The van der Waals surface area contributed by atoms with E-state index in [0.717, 1.165) is 29.0 Å². The Hall–Kier alpha value is -2.53. The highest BCUT2D eigenvalue weighted by Gasteiger charge is 2.29. The fraction of sp³-hybridized carbons (Fsp3) is 0.316. The van der Waals surface area contributed by atoms with Crippen molar-refractivity contribution in [1.82, 2.24) is 4.90 Å². The third kappa shape index (κ3) is 3.68. The van der Waals surface area contributed by atoms with Crippen LogP contribution in [-0.2, 0) is 11.3 Å². The molecule has 0 aromatic heterocycles. The summed E-state index contributed by atoms with van der Waals surface area (Å²) in [6, 6.07) is 15.6. The largest absolute Gasteiger partial charge is 0.497 e. The number of hydrogen-bond donors (Lipinski definition) is 1. The van der Waals surface area contributed by atoms with Gasteiger partial charge in [-0.2, -0.15) is 0 Å². The molecule has 24 heavy (non-hydrogen) atoms. The standard InChI is InChI=1S/C19H21NO4/c1-23-15-7-8-18-16(11-15)17(9-10-24-18)20(13-19(21)22)12-14-5-3-2-4-6-14/h2-8,11,17H,9-10,12-13H2,1H3,(H,21,22). The van der Waals surface area contributed by atoms with Crippen LogP contribution in [0.4, 0.5) is 0 Å². The Kier molecular flexibility index (Phi) is 5.01. The minimum Gasteiger partial charge on any atom is -0.497 e. The van der Waals surface area contributed by atoms with Crippen LogP contribution in [0.5, 0.6) is 11.5 Å². The van der Waals surface area contributed by atoms with E-state index in [1.807, 2.05) is 53.4 Å². The van der Waals surface area contributed by atoms with E-state index in [1.165, 1.54) is 0 Å². The first-order valence-electron chi connectivity index (χ1n) is 7.98. The van der Waals surface area contributed by atoms with E-state index >= 15 is 0 Å². The number of methoxy groups -OCH3 is 1. The number of benzene rings is 2. The average Bonchev–Trinajstić information content (AvgIpc) is 2.60. The first kappa shape index (κ1) is 16.3. The molecule has 1 heterocycles. The van der Waals surface area contributed by atoms with Crippen molar-refractivity contribution in [3.8, 4) is 11.5 Å². The molecule has 0 amide bonds. The lowest BCUT2D eigenvalue weighted by atomic mass is 9.97. The molecule has 1 N–H and O–H groups in total. The van der Waals surface area contributed by atoms with Gasteiger partial charge in [0, 0.05) is 24.6 Å². The predicted molar refractivity (Wildman–Crippen MR) is 90.3 cm³/mol. The van der Waals surface area contributed by atoms with Gasteiger partial charge in [-0.15, -0.1) is 0 Å². The molecule has 0 spiro atoms. The lowest BCUT2D eigenvalue weighted by Crippen LogP contribution is -2.36. The van der Waals surface area contributed by atoms with Gasteiger partial charge in [-0.1, -0.05) is 30.3 Å². The number of rotatable bonds is 6. The fourth-order valence-corrected chi connectivity index (χ4v) is 3.13. The monoisotopic (exact) mass is 327 g/mol. The van der Waals surface area contributed by atoms with Crippen molar-refractivity contribution in [1.29, 1.82) is 0 Å². The van der Waals surface area contributed by atoms with Crippen LogP contribution in [-0.4, -0.2) is 36.2 Å². The third-order valence-electron chi connectivity index (χ3n) is 4.23. The van der Waals surface area contributed by atoms with Crippen molar-refractivity contribution < 1.29 is 19.4 Å². The molecule has 0 fully saturated rings. The summed E-state index contributed by atoms with van der Waals surface area (Å²) < 4.78 is 11.0. The van der Waals surface area contributed by atoms with Gasteiger partial charge in [-0.3, -0.25) is 9.69 Å². The van der Waals surface area contributed by atoms with Gasteiger partial charge in [-0.25, -0.2) is 0 Å². The smallest absolute Gasteiger partial charge is 0.317 e. The molecule has 3 rings (SSSR count). The Bertz CT molecular complexity index is 702. The van der Waals surface area contributed by atoms with Crippen molar-refractivity contribution in [2.75, 3.05) is 20.3 Å². The molecule has 5 heteroatoms. The SMILES string of the molecule is COc1ccc2c(c1)C(N(CC(=O)O)Cc1ccccc1)CCO2. The van der Waals surface area contributed by atoms with E-state index in [9.17, 15) is 9.90 Å². The van der Waals surface area contributed by atoms with Crippen LogP contribution in [0.1, 0.15) is 23.6 Å². The Morgan fingerprint density at radius 1 is 1.29 bits per heavy atom. The Labute approximate surface area is 141 Å². The zero-order valence-electron chi connectivity index (χ0n) is 13.6. The van der Waals surface area contributed by atoms with Gasteiger partial charge in [0.2, 0.25) is 0 Å². The summed E-state index contributed by atoms with van der Waals surface area (Å²) in [5.74, 6) is 0.719. The summed E-state index contributed by atoms with van der Waals surface area (Å²) in [6.45, 7) is 1.14. The Balaban J connectivity index is 1.92. The van der Waals surface area contributed by atoms with Crippen LogP contribution in [0.3, 0.4) is 0 Å². The number of carboxylic acids is 1. The van der Waals surface area contributed by atoms with Crippen LogP contribution in [0.15, 0.2) is 48.5 Å². The van der Waals surface area contributed by atoms with E-state index in [0.29, 0.717) is 13.2 Å². The van der Waals surface area contributed by atoms with Crippen molar-refractivity contribution in [2.24, 2.45) is 0 Å².